The zero-order valence-corrected chi connectivity index (χ0v) is 19.0. The number of hydrogen-bond donors (Lipinski definition) is 3. The number of carbonyl (C=O) groups is 2. The van der Waals surface area contributed by atoms with Crippen molar-refractivity contribution in [1.82, 2.24) is 10.7 Å². The highest BCUT2D eigenvalue weighted by Crippen LogP contribution is 2.33. The highest BCUT2D eigenvalue weighted by molar-refractivity contribution is 6.06. The van der Waals surface area contributed by atoms with Crippen LogP contribution in [-0.4, -0.2) is 29.9 Å². The summed E-state index contributed by atoms with van der Waals surface area (Å²) in [7, 11) is 0. The van der Waals surface area contributed by atoms with Gasteiger partial charge in [-0.05, 0) is 52.7 Å². The van der Waals surface area contributed by atoms with E-state index in [1.807, 2.05) is 24.3 Å². The first-order chi connectivity index (χ1) is 17.6. The summed E-state index contributed by atoms with van der Waals surface area (Å²) in [6.07, 6.45) is 2.88. The number of fused-ring (bicyclic) bond motifs is 2. The van der Waals surface area contributed by atoms with Crippen LogP contribution in [-0.2, 0) is 4.79 Å². The monoisotopic (exact) mass is 479 g/mol. The zero-order chi connectivity index (χ0) is 24.9. The number of hydrazone groups is 1. The molecule has 1 aliphatic heterocycles. The average molecular weight is 479 g/mol. The Kier molecular flexibility index (Phi) is 6.31. The second-order valence-corrected chi connectivity index (χ2v) is 7.91. The summed E-state index contributed by atoms with van der Waals surface area (Å²) in [5.41, 5.74) is 3.88. The van der Waals surface area contributed by atoms with Crippen LogP contribution in [0, 0.1) is 0 Å². The summed E-state index contributed by atoms with van der Waals surface area (Å²) in [6.45, 7) is 0.121. The van der Waals surface area contributed by atoms with Gasteiger partial charge in [-0.3, -0.25) is 9.59 Å². The molecule has 1 heterocycles. The van der Waals surface area contributed by atoms with Gasteiger partial charge < -0.3 is 19.9 Å². The van der Waals surface area contributed by atoms with Crippen LogP contribution in [0.5, 0.6) is 17.2 Å². The van der Waals surface area contributed by atoms with Gasteiger partial charge in [-0.1, -0.05) is 54.6 Å². The summed E-state index contributed by atoms with van der Waals surface area (Å²) in [5.74, 6) is 0.0786. The van der Waals surface area contributed by atoms with E-state index in [0.29, 0.717) is 28.2 Å². The Morgan fingerprint density at radius 3 is 2.53 bits per heavy atom. The van der Waals surface area contributed by atoms with Crippen molar-refractivity contribution in [3.05, 3.63) is 107 Å². The number of carbonyl (C=O) groups excluding carboxylic acids is 2. The molecule has 4 aromatic carbocycles. The molecule has 0 saturated carbocycles. The molecule has 0 saturated heterocycles. The van der Waals surface area contributed by atoms with Crippen molar-refractivity contribution in [1.29, 1.82) is 0 Å². The van der Waals surface area contributed by atoms with Crippen molar-refractivity contribution in [2.24, 2.45) is 5.10 Å². The number of nitrogens with one attached hydrogen (secondary N) is 2. The largest absolute Gasteiger partial charge is 0.507 e. The Bertz CT molecular complexity index is 1510. The van der Waals surface area contributed by atoms with Crippen LogP contribution in [0.3, 0.4) is 0 Å². The molecule has 0 aromatic heterocycles. The summed E-state index contributed by atoms with van der Waals surface area (Å²) >= 11 is 0. The number of hydrogen-bond acceptors (Lipinski definition) is 6. The van der Waals surface area contributed by atoms with Crippen LogP contribution >= 0.6 is 0 Å². The molecular weight excluding hydrogens is 458 g/mol. The molecule has 8 heteroatoms. The third-order valence-corrected chi connectivity index (χ3v) is 5.54. The fourth-order valence-electron chi connectivity index (χ4n) is 3.75. The molecule has 0 unspecified atom stereocenters. The number of nitrogens with zero attached hydrogens (tertiary/aromatic N) is 1. The Labute approximate surface area is 206 Å². The lowest BCUT2D eigenvalue weighted by Crippen LogP contribution is -2.32. The van der Waals surface area contributed by atoms with Gasteiger partial charge >= 0.3 is 0 Å². The molecule has 178 valence electrons. The number of phenols is 1. The minimum absolute atomic E-state index is 0.0259. The molecule has 0 fully saturated rings. The number of amides is 2. The zero-order valence-electron chi connectivity index (χ0n) is 19.0. The Morgan fingerprint density at radius 1 is 0.889 bits per heavy atom. The van der Waals surface area contributed by atoms with Crippen molar-refractivity contribution >= 4 is 34.9 Å². The minimum Gasteiger partial charge on any atom is -0.507 e. The lowest BCUT2D eigenvalue weighted by Gasteiger charge is -2.10. The molecule has 3 N–H and O–H groups in total. The van der Waals surface area contributed by atoms with Gasteiger partial charge in [-0.2, -0.15) is 5.10 Å². The number of phenolic OH excluding ortho intramolecular Hbond substituents is 1. The summed E-state index contributed by atoms with van der Waals surface area (Å²) in [4.78, 5) is 25.8. The van der Waals surface area contributed by atoms with E-state index in [1.165, 1.54) is 12.3 Å². The predicted octanol–water partition coefficient (Wildman–Crippen LogP) is 4.20. The standard InChI is InChI=1S/C28H21N3O5/c32-24-12-11-19-6-4-5-9-21(19)22(24)16-29-31-28(34)23(30-27(33)20-7-2-1-3-8-20)14-18-10-13-25-26(15-18)36-17-35-25/h1-16,32H,17H2,(H,30,33)(H,31,34). The number of rotatable bonds is 6. The van der Waals surface area contributed by atoms with Crippen molar-refractivity contribution in [2.75, 3.05) is 6.79 Å². The van der Waals surface area contributed by atoms with E-state index >= 15 is 0 Å². The number of aromatic hydroxyl groups is 1. The van der Waals surface area contributed by atoms with E-state index in [1.54, 1.807) is 60.7 Å². The fraction of sp³-hybridized carbons (Fsp3) is 0.0357. The van der Waals surface area contributed by atoms with Gasteiger partial charge in [-0.15, -0.1) is 0 Å². The van der Waals surface area contributed by atoms with Crippen LogP contribution in [0.25, 0.3) is 16.8 Å². The Balaban J connectivity index is 1.41. The van der Waals surface area contributed by atoms with Gasteiger partial charge in [-0.25, -0.2) is 5.43 Å². The van der Waals surface area contributed by atoms with Crippen LogP contribution < -0.4 is 20.2 Å². The third-order valence-electron chi connectivity index (χ3n) is 5.54. The first-order valence-electron chi connectivity index (χ1n) is 11.1. The van der Waals surface area contributed by atoms with Crippen molar-refractivity contribution < 1.29 is 24.2 Å². The van der Waals surface area contributed by atoms with Crippen molar-refractivity contribution in [3.63, 3.8) is 0 Å². The smallest absolute Gasteiger partial charge is 0.287 e. The van der Waals surface area contributed by atoms with Crippen LogP contribution in [0.15, 0.2) is 95.7 Å². The molecule has 0 bridgehead atoms. The molecule has 1 aliphatic rings. The molecule has 0 radical (unpaired) electrons. The van der Waals surface area contributed by atoms with Gasteiger partial charge in [0.1, 0.15) is 11.4 Å². The molecule has 4 aromatic rings. The van der Waals surface area contributed by atoms with E-state index < -0.39 is 11.8 Å². The first kappa shape index (κ1) is 22.7. The quantitative estimate of drug-likeness (QED) is 0.218. The normalized spacial score (nSPS) is 12.6. The van der Waals surface area contributed by atoms with E-state index in [2.05, 4.69) is 15.8 Å². The SMILES string of the molecule is O=C(NN=Cc1c(O)ccc2ccccc12)C(=Cc1ccc2c(c1)OCO2)NC(=O)c1ccccc1. The van der Waals surface area contributed by atoms with E-state index in [4.69, 9.17) is 9.47 Å². The maximum Gasteiger partial charge on any atom is 0.287 e. The van der Waals surface area contributed by atoms with Gasteiger partial charge in [0.25, 0.3) is 11.8 Å². The van der Waals surface area contributed by atoms with Gasteiger partial charge in [0.15, 0.2) is 11.5 Å². The molecule has 0 atom stereocenters. The lowest BCUT2D eigenvalue weighted by atomic mass is 10.0. The van der Waals surface area contributed by atoms with E-state index in [0.717, 1.165) is 10.8 Å². The Morgan fingerprint density at radius 2 is 1.67 bits per heavy atom. The minimum atomic E-state index is -0.645. The number of ether oxygens (including phenoxy) is 2. The van der Waals surface area contributed by atoms with Crippen molar-refractivity contribution in [2.45, 2.75) is 0 Å². The molecule has 36 heavy (non-hydrogen) atoms. The van der Waals surface area contributed by atoms with Crippen LogP contribution in [0.2, 0.25) is 0 Å². The van der Waals surface area contributed by atoms with Crippen LogP contribution in [0.4, 0.5) is 0 Å². The number of benzene rings is 4. The highest BCUT2D eigenvalue weighted by atomic mass is 16.7. The molecule has 0 spiro atoms. The lowest BCUT2D eigenvalue weighted by molar-refractivity contribution is -0.117. The van der Waals surface area contributed by atoms with Crippen molar-refractivity contribution in [3.8, 4) is 17.2 Å². The highest BCUT2D eigenvalue weighted by Gasteiger charge is 2.17. The van der Waals surface area contributed by atoms with Gasteiger partial charge in [0.2, 0.25) is 6.79 Å². The van der Waals surface area contributed by atoms with E-state index in [9.17, 15) is 14.7 Å². The molecule has 8 nitrogen and oxygen atoms in total. The van der Waals surface area contributed by atoms with E-state index in [-0.39, 0.29) is 18.2 Å². The topological polar surface area (TPSA) is 109 Å². The summed E-state index contributed by atoms with van der Waals surface area (Å²) in [6, 6.07) is 24.6. The fourth-order valence-corrected chi connectivity index (χ4v) is 3.75. The molecular formula is C28H21N3O5. The maximum absolute atomic E-state index is 13.1. The van der Waals surface area contributed by atoms with Gasteiger partial charge in [0.05, 0.1) is 6.21 Å². The summed E-state index contributed by atoms with van der Waals surface area (Å²) in [5, 5.41) is 18.7. The first-order valence-corrected chi connectivity index (χ1v) is 11.1. The average Bonchev–Trinajstić information content (AvgIpc) is 3.38. The third kappa shape index (κ3) is 4.88. The second kappa shape index (κ2) is 10.0. The predicted molar refractivity (Wildman–Crippen MR) is 136 cm³/mol. The molecule has 0 aliphatic carbocycles. The Hall–Kier alpha value is -5.11. The molecule has 2 amide bonds. The molecule has 5 rings (SSSR count). The van der Waals surface area contributed by atoms with Gasteiger partial charge in [0, 0.05) is 11.1 Å². The second-order valence-electron chi connectivity index (χ2n) is 7.91. The van der Waals surface area contributed by atoms with Crippen LogP contribution in [0.1, 0.15) is 21.5 Å². The maximum atomic E-state index is 13.1. The summed E-state index contributed by atoms with van der Waals surface area (Å²) < 4.78 is 10.7.